The lowest BCUT2D eigenvalue weighted by molar-refractivity contribution is -0.115. The number of thiazole rings is 1. The predicted molar refractivity (Wildman–Crippen MR) is 83.4 cm³/mol. The van der Waals surface area contributed by atoms with Crippen molar-refractivity contribution in [3.05, 3.63) is 45.9 Å². The molecule has 20 heavy (non-hydrogen) atoms. The molecule has 0 saturated heterocycles. The minimum atomic E-state index is -0.113. The minimum Gasteiger partial charge on any atom is -0.302 e. The number of carbonyl (C=O) groups excluding carboxylic acids is 1. The number of aromatic nitrogens is 1. The molecular weight excluding hydrogens is 294 g/mol. The lowest BCUT2D eigenvalue weighted by Crippen LogP contribution is -2.30. The van der Waals surface area contributed by atoms with Crippen molar-refractivity contribution < 1.29 is 4.79 Å². The summed E-state index contributed by atoms with van der Waals surface area (Å²) < 4.78 is 0. The molecule has 1 heterocycles. The van der Waals surface area contributed by atoms with E-state index in [2.05, 4.69) is 15.6 Å². The molecule has 6 heteroatoms. The van der Waals surface area contributed by atoms with Gasteiger partial charge >= 0.3 is 0 Å². The Hall–Kier alpha value is -1.43. The van der Waals surface area contributed by atoms with Crippen LogP contribution in [-0.2, 0) is 4.79 Å². The van der Waals surface area contributed by atoms with Gasteiger partial charge in [0.05, 0.1) is 12.2 Å². The average Bonchev–Trinajstić information content (AvgIpc) is 2.82. The zero-order valence-electron chi connectivity index (χ0n) is 11.3. The highest BCUT2D eigenvalue weighted by Crippen LogP contribution is 2.21. The molecular formula is C14H16ClN3OS. The molecule has 0 radical (unpaired) electrons. The maximum Gasteiger partial charge on any atom is 0.240 e. The monoisotopic (exact) mass is 309 g/mol. The zero-order chi connectivity index (χ0) is 14.5. The van der Waals surface area contributed by atoms with Crippen LogP contribution < -0.4 is 10.6 Å². The Morgan fingerprint density at radius 1 is 1.45 bits per heavy atom. The number of anilines is 1. The second kappa shape index (κ2) is 6.83. The lowest BCUT2D eigenvalue weighted by atomic mass is 10.1. The fourth-order valence-corrected chi connectivity index (χ4v) is 2.76. The van der Waals surface area contributed by atoms with Gasteiger partial charge < -0.3 is 10.6 Å². The Morgan fingerprint density at radius 3 is 2.85 bits per heavy atom. The van der Waals surface area contributed by atoms with Crippen LogP contribution in [0.25, 0.3) is 0 Å². The molecule has 0 aliphatic rings. The van der Waals surface area contributed by atoms with E-state index in [-0.39, 0.29) is 18.5 Å². The van der Waals surface area contributed by atoms with Crippen molar-refractivity contribution in [3.63, 3.8) is 0 Å². The van der Waals surface area contributed by atoms with Crippen LogP contribution in [0.15, 0.2) is 29.6 Å². The van der Waals surface area contributed by atoms with Gasteiger partial charge in [0.2, 0.25) is 5.91 Å². The van der Waals surface area contributed by atoms with E-state index in [1.165, 1.54) is 11.3 Å². The molecule has 1 aromatic heterocycles. The Balaban J connectivity index is 1.85. The number of nitrogens with zero attached hydrogens (tertiary/aromatic N) is 1. The van der Waals surface area contributed by atoms with Gasteiger partial charge in [0.1, 0.15) is 0 Å². The molecule has 1 amide bonds. The topological polar surface area (TPSA) is 54.0 Å². The first-order chi connectivity index (χ1) is 9.56. The number of halogens is 1. The largest absolute Gasteiger partial charge is 0.302 e. The number of carbonyl (C=O) groups is 1. The second-order valence-electron chi connectivity index (χ2n) is 4.47. The molecule has 106 valence electrons. The van der Waals surface area contributed by atoms with Crippen LogP contribution in [0.5, 0.6) is 0 Å². The first kappa shape index (κ1) is 15.0. The van der Waals surface area contributed by atoms with E-state index >= 15 is 0 Å². The summed E-state index contributed by atoms with van der Waals surface area (Å²) in [6.07, 6.45) is 0. The van der Waals surface area contributed by atoms with Crippen molar-refractivity contribution in [1.82, 2.24) is 10.3 Å². The second-order valence-corrected chi connectivity index (χ2v) is 5.73. The first-order valence-corrected chi connectivity index (χ1v) is 7.52. The Labute approximate surface area is 127 Å². The number of benzene rings is 1. The van der Waals surface area contributed by atoms with Gasteiger partial charge in [-0.3, -0.25) is 4.79 Å². The van der Waals surface area contributed by atoms with Crippen LogP contribution >= 0.6 is 22.9 Å². The molecule has 0 unspecified atom stereocenters. The molecule has 4 nitrogen and oxygen atoms in total. The summed E-state index contributed by atoms with van der Waals surface area (Å²) in [4.78, 5) is 16.0. The number of hydrogen-bond acceptors (Lipinski definition) is 4. The van der Waals surface area contributed by atoms with Crippen molar-refractivity contribution >= 4 is 34.0 Å². The predicted octanol–water partition coefficient (Wildman–Crippen LogP) is 3.39. The van der Waals surface area contributed by atoms with Gasteiger partial charge in [-0.05, 0) is 25.5 Å². The van der Waals surface area contributed by atoms with Gasteiger partial charge in [-0.25, -0.2) is 4.98 Å². The molecule has 1 aromatic carbocycles. The van der Waals surface area contributed by atoms with E-state index in [4.69, 9.17) is 11.6 Å². The van der Waals surface area contributed by atoms with Gasteiger partial charge in [-0.15, -0.1) is 11.3 Å². The highest BCUT2D eigenvalue weighted by molar-refractivity contribution is 7.13. The van der Waals surface area contributed by atoms with Crippen molar-refractivity contribution in [1.29, 1.82) is 0 Å². The molecule has 2 rings (SSSR count). The van der Waals surface area contributed by atoms with Gasteiger partial charge in [0, 0.05) is 16.4 Å². The third-order valence-corrected chi connectivity index (χ3v) is 4.03. The van der Waals surface area contributed by atoms with Crippen LogP contribution in [0.2, 0.25) is 5.02 Å². The quantitative estimate of drug-likeness (QED) is 0.890. The SMILES string of the molecule is Cc1csc(NC(=O)CN[C@H](C)c2ccccc2Cl)n1. The summed E-state index contributed by atoms with van der Waals surface area (Å²) in [7, 11) is 0. The third kappa shape index (κ3) is 4.03. The van der Waals surface area contributed by atoms with Crippen LogP contribution in [0.1, 0.15) is 24.2 Å². The van der Waals surface area contributed by atoms with Gasteiger partial charge in [0.15, 0.2) is 5.13 Å². The summed E-state index contributed by atoms with van der Waals surface area (Å²) in [6, 6.07) is 7.61. The number of amides is 1. The highest BCUT2D eigenvalue weighted by Gasteiger charge is 2.11. The smallest absolute Gasteiger partial charge is 0.240 e. The molecule has 0 aliphatic carbocycles. The molecule has 0 fully saturated rings. The van der Waals surface area contributed by atoms with Crippen molar-refractivity contribution in [2.45, 2.75) is 19.9 Å². The van der Waals surface area contributed by atoms with E-state index in [9.17, 15) is 4.79 Å². The van der Waals surface area contributed by atoms with Crippen LogP contribution in [-0.4, -0.2) is 17.4 Å². The fraction of sp³-hybridized carbons (Fsp3) is 0.286. The minimum absolute atomic E-state index is 0.00693. The zero-order valence-corrected chi connectivity index (χ0v) is 12.9. The molecule has 0 aliphatic heterocycles. The summed E-state index contributed by atoms with van der Waals surface area (Å²) in [5, 5.41) is 9.12. The summed E-state index contributed by atoms with van der Waals surface area (Å²) in [5.74, 6) is -0.113. The van der Waals surface area contributed by atoms with Gasteiger partial charge in [0.25, 0.3) is 0 Å². The standard InChI is InChI=1S/C14H16ClN3OS/c1-9-8-20-14(17-9)18-13(19)7-16-10(2)11-5-3-4-6-12(11)15/h3-6,8,10,16H,7H2,1-2H3,(H,17,18,19)/t10-/m1/s1. The Kier molecular flexibility index (Phi) is 5.11. The van der Waals surface area contributed by atoms with Crippen LogP contribution in [0.4, 0.5) is 5.13 Å². The Morgan fingerprint density at radius 2 is 2.20 bits per heavy atom. The first-order valence-electron chi connectivity index (χ1n) is 6.26. The average molecular weight is 310 g/mol. The number of hydrogen-bond donors (Lipinski definition) is 2. The van der Waals surface area contributed by atoms with Crippen molar-refractivity contribution in [2.24, 2.45) is 0 Å². The van der Waals surface area contributed by atoms with E-state index in [1.807, 2.05) is 43.5 Å². The van der Waals surface area contributed by atoms with Gasteiger partial charge in [-0.2, -0.15) is 0 Å². The maximum absolute atomic E-state index is 11.8. The molecule has 0 saturated carbocycles. The van der Waals surface area contributed by atoms with Crippen molar-refractivity contribution in [3.8, 4) is 0 Å². The summed E-state index contributed by atoms with van der Waals surface area (Å²) in [6.45, 7) is 4.08. The molecule has 2 aromatic rings. The third-order valence-electron chi connectivity index (χ3n) is 2.81. The lowest BCUT2D eigenvalue weighted by Gasteiger charge is -2.15. The molecule has 1 atom stereocenters. The normalized spacial score (nSPS) is 12.2. The van der Waals surface area contributed by atoms with Crippen LogP contribution in [0.3, 0.4) is 0 Å². The van der Waals surface area contributed by atoms with Crippen LogP contribution in [0, 0.1) is 6.92 Å². The van der Waals surface area contributed by atoms with E-state index < -0.39 is 0 Å². The maximum atomic E-state index is 11.8. The highest BCUT2D eigenvalue weighted by atomic mass is 35.5. The Bertz CT molecular complexity index is 600. The van der Waals surface area contributed by atoms with E-state index in [0.717, 1.165) is 11.3 Å². The number of rotatable bonds is 5. The molecule has 0 bridgehead atoms. The van der Waals surface area contributed by atoms with E-state index in [0.29, 0.717) is 10.2 Å². The summed E-state index contributed by atoms with van der Waals surface area (Å²) in [5.41, 5.74) is 1.88. The molecule has 0 spiro atoms. The van der Waals surface area contributed by atoms with Gasteiger partial charge in [-0.1, -0.05) is 29.8 Å². The fourth-order valence-electron chi connectivity index (χ4n) is 1.76. The van der Waals surface area contributed by atoms with E-state index in [1.54, 1.807) is 0 Å². The molecule has 2 N–H and O–H groups in total. The number of aryl methyl sites for hydroxylation is 1. The van der Waals surface area contributed by atoms with Crippen molar-refractivity contribution in [2.75, 3.05) is 11.9 Å². The summed E-state index contributed by atoms with van der Waals surface area (Å²) >= 11 is 7.54. The number of nitrogens with one attached hydrogen (secondary N) is 2.